The molecule has 5 heterocycles. The molecule has 0 saturated carbocycles. The van der Waals surface area contributed by atoms with Crippen LogP contribution in [-0.2, 0) is 0 Å². The summed E-state index contributed by atoms with van der Waals surface area (Å²) in [7, 11) is 0. The maximum absolute atomic E-state index is 6.50. The summed E-state index contributed by atoms with van der Waals surface area (Å²) in [5, 5.41) is 3.19. The van der Waals surface area contributed by atoms with E-state index in [0.29, 0.717) is 40.3 Å². The molecule has 0 atom stereocenters. The first-order valence-corrected chi connectivity index (χ1v) is 18.4. The molecule has 0 saturated heterocycles. The predicted molar refractivity (Wildman–Crippen MR) is 222 cm³/mol. The molecule has 0 aliphatic rings. The van der Waals surface area contributed by atoms with Gasteiger partial charge in [0.2, 0.25) is 0 Å². The molecule has 8 heteroatoms. The van der Waals surface area contributed by atoms with Crippen molar-refractivity contribution in [2.75, 3.05) is 0 Å². The van der Waals surface area contributed by atoms with Crippen molar-refractivity contribution in [2.45, 2.75) is 0 Å². The fourth-order valence-electron chi connectivity index (χ4n) is 7.53. The first kappa shape index (κ1) is 31.7. The Labute approximate surface area is 320 Å². The van der Waals surface area contributed by atoms with Crippen molar-refractivity contribution in [3.8, 4) is 62.6 Å². The predicted octanol–water partition coefficient (Wildman–Crippen LogP) is 11.4. The van der Waals surface area contributed by atoms with Crippen molar-refractivity contribution < 1.29 is 4.42 Å². The highest BCUT2D eigenvalue weighted by Crippen LogP contribution is 2.40. The van der Waals surface area contributed by atoms with E-state index < -0.39 is 0 Å². The maximum atomic E-state index is 6.50. The normalized spacial score (nSPS) is 11.6. The molecule has 8 nitrogen and oxygen atoms in total. The molecule has 0 fully saturated rings. The van der Waals surface area contributed by atoms with Crippen molar-refractivity contribution in [3.63, 3.8) is 0 Å². The van der Waals surface area contributed by atoms with Gasteiger partial charge in [-0.1, -0.05) is 121 Å². The second-order valence-corrected chi connectivity index (χ2v) is 13.5. The third-order valence-electron chi connectivity index (χ3n) is 10.1. The van der Waals surface area contributed by atoms with Gasteiger partial charge in [0, 0.05) is 50.3 Å². The standard InChI is InChI=1S/C48H29N7O/c1-4-15-30(16-5-1)45-52-46(31-17-6-2-7-18-31)54-47(53-45)32-27-28-38(49-29-32)42-44-41(36-22-11-13-26-40(36)56-44)50-48(51-42)37-24-14-23-35-34-21-10-12-25-39(34)55(43(35)37)33-19-8-3-9-20-33/h1-29H. The van der Waals surface area contributed by atoms with Gasteiger partial charge in [0.05, 0.1) is 16.7 Å². The monoisotopic (exact) mass is 719 g/mol. The largest absolute Gasteiger partial charge is 0.452 e. The van der Waals surface area contributed by atoms with E-state index in [4.69, 9.17) is 34.3 Å². The third kappa shape index (κ3) is 5.23. The molecule has 6 aromatic carbocycles. The van der Waals surface area contributed by atoms with E-state index in [-0.39, 0.29) is 0 Å². The fourth-order valence-corrected chi connectivity index (χ4v) is 7.53. The number of rotatable bonds is 6. The second-order valence-electron chi connectivity index (χ2n) is 13.5. The lowest BCUT2D eigenvalue weighted by molar-refractivity contribution is 0.667. The van der Waals surface area contributed by atoms with Crippen molar-refractivity contribution in [1.82, 2.24) is 34.5 Å². The number of pyridine rings is 1. The van der Waals surface area contributed by atoms with E-state index in [2.05, 4.69) is 71.3 Å². The zero-order valence-corrected chi connectivity index (χ0v) is 29.8. The van der Waals surface area contributed by atoms with E-state index in [1.165, 1.54) is 0 Å². The van der Waals surface area contributed by atoms with E-state index in [0.717, 1.165) is 66.2 Å². The number of nitrogens with zero attached hydrogens (tertiary/aromatic N) is 7. The van der Waals surface area contributed by atoms with Gasteiger partial charge in [0.1, 0.15) is 16.8 Å². The SMILES string of the molecule is c1ccc(-c2nc(-c3ccccc3)nc(-c3ccc(-c4nc(-c5cccc6c7ccccc7n(-c7ccccc7)c56)nc5c4oc4ccccc45)nc3)n2)cc1. The van der Waals surface area contributed by atoms with Crippen LogP contribution in [0.4, 0.5) is 0 Å². The van der Waals surface area contributed by atoms with Crippen LogP contribution >= 0.6 is 0 Å². The molecule has 0 spiro atoms. The van der Waals surface area contributed by atoms with Crippen LogP contribution in [0.15, 0.2) is 180 Å². The van der Waals surface area contributed by atoms with Crippen LogP contribution in [-0.4, -0.2) is 34.5 Å². The second kappa shape index (κ2) is 12.9. The number of hydrogen-bond acceptors (Lipinski definition) is 7. The van der Waals surface area contributed by atoms with Gasteiger partial charge in [-0.15, -0.1) is 0 Å². The van der Waals surface area contributed by atoms with Gasteiger partial charge in [0.25, 0.3) is 0 Å². The molecular weight excluding hydrogens is 691 g/mol. The summed E-state index contributed by atoms with van der Waals surface area (Å²) >= 11 is 0. The summed E-state index contributed by atoms with van der Waals surface area (Å²) in [6.07, 6.45) is 1.79. The smallest absolute Gasteiger partial charge is 0.181 e. The van der Waals surface area contributed by atoms with Gasteiger partial charge in [-0.05, 0) is 48.5 Å². The molecule has 56 heavy (non-hydrogen) atoms. The first-order valence-electron chi connectivity index (χ1n) is 18.4. The Hall–Kier alpha value is -7.84. The van der Waals surface area contributed by atoms with E-state index >= 15 is 0 Å². The molecule has 5 aromatic heterocycles. The Balaban J connectivity index is 1.11. The lowest BCUT2D eigenvalue weighted by Crippen LogP contribution is -2.01. The molecule has 0 unspecified atom stereocenters. The number of aromatic nitrogens is 7. The van der Waals surface area contributed by atoms with Crippen LogP contribution in [0, 0.1) is 0 Å². The number of furan rings is 1. The summed E-state index contributed by atoms with van der Waals surface area (Å²) in [6.45, 7) is 0. The number of para-hydroxylation sites is 4. The summed E-state index contributed by atoms with van der Waals surface area (Å²) < 4.78 is 8.80. The minimum atomic E-state index is 0.523. The van der Waals surface area contributed by atoms with E-state index in [9.17, 15) is 0 Å². The molecule has 0 aliphatic carbocycles. The zero-order valence-electron chi connectivity index (χ0n) is 29.8. The van der Waals surface area contributed by atoms with E-state index in [1.807, 2.05) is 103 Å². The molecule has 0 bridgehead atoms. The third-order valence-corrected chi connectivity index (χ3v) is 10.1. The quantitative estimate of drug-likeness (QED) is 0.169. The Bertz CT molecular complexity index is 3170. The average molecular weight is 720 g/mol. The Kier molecular flexibility index (Phi) is 7.31. The molecule has 0 radical (unpaired) electrons. The molecule has 11 aromatic rings. The van der Waals surface area contributed by atoms with Gasteiger partial charge in [0.15, 0.2) is 28.9 Å². The molecule has 0 aliphatic heterocycles. The van der Waals surface area contributed by atoms with Crippen molar-refractivity contribution in [1.29, 1.82) is 0 Å². The first-order chi connectivity index (χ1) is 27.8. The highest BCUT2D eigenvalue weighted by molar-refractivity contribution is 6.14. The van der Waals surface area contributed by atoms with Gasteiger partial charge < -0.3 is 8.98 Å². The number of hydrogen-bond donors (Lipinski definition) is 0. The summed E-state index contributed by atoms with van der Waals surface area (Å²) in [5.41, 5.74) is 9.91. The van der Waals surface area contributed by atoms with Gasteiger partial charge in [-0.3, -0.25) is 4.98 Å². The summed E-state index contributed by atoms with van der Waals surface area (Å²) in [5.74, 6) is 2.28. The maximum Gasteiger partial charge on any atom is 0.181 e. The minimum absolute atomic E-state index is 0.523. The fraction of sp³-hybridized carbons (Fsp3) is 0. The topological polar surface area (TPSA) is 95.4 Å². The summed E-state index contributed by atoms with van der Waals surface area (Å²) in [6, 6.07) is 57.0. The lowest BCUT2D eigenvalue weighted by Gasteiger charge is -2.12. The van der Waals surface area contributed by atoms with Crippen LogP contribution in [0.25, 0.3) is 107 Å². The highest BCUT2D eigenvalue weighted by Gasteiger charge is 2.23. The van der Waals surface area contributed by atoms with Crippen LogP contribution in [0.2, 0.25) is 0 Å². The van der Waals surface area contributed by atoms with Crippen LogP contribution in [0.5, 0.6) is 0 Å². The van der Waals surface area contributed by atoms with Crippen molar-refractivity contribution >= 4 is 43.9 Å². The van der Waals surface area contributed by atoms with Crippen molar-refractivity contribution in [2.24, 2.45) is 0 Å². The lowest BCUT2D eigenvalue weighted by atomic mass is 10.1. The Morgan fingerprint density at radius 3 is 1.73 bits per heavy atom. The zero-order chi connectivity index (χ0) is 37.0. The van der Waals surface area contributed by atoms with Gasteiger partial charge in [-0.25, -0.2) is 24.9 Å². The van der Waals surface area contributed by atoms with Gasteiger partial charge in [-0.2, -0.15) is 0 Å². The minimum Gasteiger partial charge on any atom is -0.452 e. The molecule has 11 rings (SSSR count). The van der Waals surface area contributed by atoms with Crippen molar-refractivity contribution in [3.05, 3.63) is 176 Å². The number of fused-ring (bicyclic) bond motifs is 6. The average Bonchev–Trinajstić information content (AvgIpc) is 3.83. The highest BCUT2D eigenvalue weighted by atomic mass is 16.3. The van der Waals surface area contributed by atoms with E-state index in [1.54, 1.807) is 6.20 Å². The Morgan fingerprint density at radius 2 is 1.04 bits per heavy atom. The van der Waals surface area contributed by atoms with Crippen LogP contribution < -0.4 is 0 Å². The molecule has 262 valence electrons. The molecule has 0 amide bonds. The number of benzene rings is 6. The van der Waals surface area contributed by atoms with Gasteiger partial charge >= 0.3 is 0 Å². The molecular formula is C48H29N7O. The molecule has 0 N–H and O–H groups in total. The van der Waals surface area contributed by atoms with Crippen LogP contribution in [0.3, 0.4) is 0 Å². The summed E-state index contributed by atoms with van der Waals surface area (Å²) in [4.78, 5) is 30.2. The van der Waals surface area contributed by atoms with Crippen LogP contribution in [0.1, 0.15) is 0 Å². The Morgan fingerprint density at radius 1 is 0.429 bits per heavy atom.